The molecule has 34 heavy (non-hydrogen) atoms. The Hall–Kier alpha value is -3.81. The number of nitrogens with zero attached hydrogens (tertiary/aromatic N) is 1. The third kappa shape index (κ3) is 7.95. The van der Waals surface area contributed by atoms with Gasteiger partial charge in [0.25, 0.3) is 5.91 Å². The van der Waals surface area contributed by atoms with Gasteiger partial charge in [-0.05, 0) is 57.5 Å². The monoisotopic (exact) mass is 467 g/mol. The van der Waals surface area contributed by atoms with E-state index in [9.17, 15) is 14.4 Å². The molecule has 1 atom stereocenters. The molecule has 3 amide bonds. The predicted molar refractivity (Wildman–Crippen MR) is 132 cm³/mol. The van der Waals surface area contributed by atoms with Crippen molar-refractivity contribution in [3.8, 4) is 5.75 Å². The molecule has 2 aromatic rings. The van der Waals surface area contributed by atoms with Gasteiger partial charge in [-0.2, -0.15) is 0 Å². The molecule has 182 valence electrons. The first-order valence-corrected chi connectivity index (χ1v) is 10.9. The minimum Gasteiger partial charge on any atom is -0.497 e. The van der Waals surface area contributed by atoms with E-state index in [0.717, 1.165) is 5.56 Å². The van der Waals surface area contributed by atoms with E-state index in [1.807, 2.05) is 19.1 Å². The fourth-order valence-electron chi connectivity index (χ4n) is 3.16. The molecule has 0 aliphatic heterocycles. The number of rotatable bonds is 9. The van der Waals surface area contributed by atoms with Crippen molar-refractivity contribution in [2.24, 2.45) is 0 Å². The second kappa shape index (κ2) is 11.9. The summed E-state index contributed by atoms with van der Waals surface area (Å²) in [6.45, 7) is 10.6. The number of ether oxygens (including phenoxy) is 2. The number of benzene rings is 2. The van der Waals surface area contributed by atoms with Crippen LogP contribution in [0.4, 0.5) is 10.5 Å². The molecule has 1 unspecified atom stereocenters. The number of amides is 3. The molecule has 0 saturated carbocycles. The Kier molecular flexibility index (Phi) is 9.24. The minimum absolute atomic E-state index is 0.101. The summed E-state index contributed by atoms with van der Waals surface area (Å²) in [7, 11) is 1.56. The van der Waals surface area contributed by atoms with Gasteiger partial charge in [0.2, 0.25) is 5.91 Å². The second-order valence-corrected chi connectivity index (χ2v) is 8.72. The standard InChI is InChI=1S/C26H33N3O5/c1-7-16-29(22(30)17-27-25(32)34-26(3,4)5)23(19-10-8-18(2)9-11-19)24(31)28-20-12-14-21(33-6)15-13-20/h7-15,23H,1,16-17H2,2-6H3,(H,27,32)(H,28,31). The fourth-order valence-corrected chi connectivity index (χ4v) is 3.16. The quantitative estimate of drug-likeness (QED) is 0.538. The average molecular weight is 468 g/mol. The molecule has 0 saturated heterocycles. The highest BCUT2D eigenvalue weighted by Gasteiger charge is 2.31. The van der Waals surface area contributed by atoms with Crippen LogP contribution in [0.25, 0.3) is 0 Å². The molecular weight excluding hydrogens is 434 g/mol. The molecule has 8 heteroatoms. The number of anilines is 1. The zero-order chi connectivity index (χ0) is 25.3. The number of carbonyl (C=O) groups is 3. The molecule has 0 bridgehead atoms. The third-order valence-electron chi connectivity index (χ3n) is 4.74. The molecule has 0 aliphatic rings. The van der Waals surface area contributed by atoms with Crippen LogP contribution >= 0.6 is 0 Å². The van der Waals surface area contributed by atoms with E-state index in [-0.39, 0.29) is 13.1 Å². The summed E-state index contributed by atoms with van der Waals surface area (Å²) in [5.74, 6) is -0.201. The van der Waals surface area contributed by atoms with Crippen LogP contribution in [0.1, 0.15) is 37.9 Å². The van der Waals surface area contributed by atoms with Gasteiger partial charge in [0.1, 0.15) is 23.9 Å². The molecule has 0 spiro atoms. The number of hydrogen-bond acceptors (Lipinski definition) is 5. The van der Waals surface area contributed by atoms with Gasteiger partial charge in [-0.3, -0.25) is 9.59 Å². The summed E-state index contributed by atoms with van der Waals surface area (Å²) in [6.07, 6.45) is 0.821. The molecule has 0 aromatic heterocycles. The number of nitrogens with one attached hydrogen (secondary N) is 2. The molecule has 2 N–H and O–H groups in total. The van der Waals surface area contributed by atoms with Crippen molar-refractivity contribution in [3.05, 3.63) is 72.3 Å². The molecule has 0 aliphatic carbocycles. The molecule has 2 rings (SSSR count). The third-order valence-corrected chi connectivity index (χ3v) is 4.74. The molecule has 8 nitrogen and oxygen atoms in total. The van der Waals surface area contributed by atoms with E-state index in [1.165, 1.54) is 11.0 Å². The van der Waals surface area contributed by atoms with Crippen LogP contribution in [-0.2, 0) is 14.3 Å². The van der Waals surface area contributed by atoms with Gasteiger partial charge in [-0.1, -0.05) is 35.9 Å². The maximum atomic E-state index is 13.4. The molecular formula is C26H33N3O5. The van der Waals surface area contributed by atoms with Gasteiger partial charge < -0.3 is 25.0 Å². The highest BCUT2D eigenvalue weighted by atomic mass is 16.6. The largest absolute Gasteiger partial charge is 0.497 e. The summed E-state index contributed by atoms with van der Waals surface area (Å²) >= 11 is 0. The lowest BCUT2D eigenvalue weighted by Crippen LogP contribution is -2.46. The highest BCUT2D eigenvalue weighted by molar-refractivity contribution is 5.98. The first-order chi connectivity index (χ1) is 16.0. The molecule has 0 heterocycles. The smallest absolute Gasteiger partial charge is 0.408 e. The van der Waals surface area contributed by atoms with Gasteiger partial charge >= 0.3 is 6.09 Å². The van der Waals surface area contributed by atoms with Crippen molar-refractivity contribution in [1.29, 1.82) is 0 Å². The predicted octanol–water partition coefficient (Wildman–Crippen LogP) is 4.22. The second-order valence-electron chi connectivity index (χ2n) is 8.72. The van der Waals surface area contributed by atoms with E-state index in [1.54, 1.807) is 64.3 Å². The number of hydrogen-bond donors (Lipinski definition) is 2. The summed E-state index contributed by atoms with van der Waals surface area (Å²) in [5.41, 5.74) is 1.51. The van der Waals surface area contributed by atoms with Crippen molar-refractivity contribution in [2.75, 3.05) is 25.5 Å². The minimum atomic E-state index is -0.950. The van der Waals surface area contributed by atoms with Crippen molar-refractivity contribution < 1.29 is 23.9 Å². The van der Waals surface area contributed by atoms with Gasteiger partial charge in [-0.25, -0.2) is 4.79 Å². The Morgan fingerprint density at radius 3 is 2.21 bits per heavy atom. The van der Waals surface area contributed by atoms with Crippen molar-refractivity contribution in [2.45, 2.75) is 39.3 Å². The van der Waals surface area contributed by atoms with Crippen LogP contribution < -0.4 is 15.4 Å². The van der Waals surface area contributed by atoms with E-state index in [0.29, 0.717) is 17.0 Å². The Morgan fingerprint density at radius 2 is 1.68 bits per heavy atom. The van der Waals surface area contributed by atoms with E-state index in [2.05, 4.69) is 17.2 Å². The highest BCUT2D eigenvalue weighted by Crippen LogP contribution is 2.25. The maximum absolute atomic E-state index is 13.4. The lowest BCUT2D eigenvalue weighted by Gasteiger charge is -2.31. The zero-order valence-electron chi connectivity index (χ0n) is 20.4. The fraction of sp³-hybridized carbons (Fsp3) is 0.346. The maximum Gasteiger partial charge on any atom is 0.408 e. The SMILES string of the molecule is C=CCN(C(=O)CNC(=O)OC(C)(C)C)C(C(=O)Nc1ccc(OC)cc1)c1ccc(C)cc1. The van der Waals surface area contributed by atoms with Crippen molar-refractivity contribution in [3.63, 3.8) is 0 Å². The Labute approximate surface area is 200 Å². The number of aryl methyl sites for hydroxylation is 1. The topological polar surface area (TPSA) is 97.0 Å². The van der Waals surface area contributed by atoms with E-state index < -0.39 is 29.6 Å². The Bertz CT molecular complexity index is 995. The lowest BCUT2D eigenvalue weighted by molar-refractivity contribution is -0.137. The van der Waals surface area contributed by atoms with Crippen LogP contribution in [0, 0.1) is 6.92 Å². The lowest BCUT2D eigenvalue weighted by atomic mass is 10.0. The normalized spacial score (nSPS) is 11.7. The van der Waals surface area contributed by atoms with E-state index >= 15 is 0 Å². The Morgan fingerprint density at radius 1 is 1.06 bits per heavy atom. The molecule has 0 radical (unpaired) electrons. The van der Waals surface area contributed by atoms with Crippen LogP contribution in [0.2, 0.25) is 0 Å². The van der Waals surface area contributed by atoms with Crippen LogP contribution in [-0.4, -0.2) is 48.6 Å². The summed E-state index contributed by atoms with van der Waals surface area (Å²) in [6, 6.07) is 13.3. The van der Waals surface area contributed by atoms with Gasteiger partial charge in [0.15, 0.2) is 0 Å². The number of carbonyl (C=O) groups excluding carboxylic acids is 3. The average Bonchev–Trinajstić information content (AvgIpc) is 2.77. The van der Waals surface area contributed by atoms with Gasteiger partial charge in [-0.15, -0.1) is 6.58 Å². The molecule has 2 aromatic carbocycles. The first-order valence-electron chi connectivity index (χ1n) is 10.9. The summed E-state index contributed by atoms with van der Waals surface area (Å²) in [5, 5.41) is 5.32. The van der Waals surface area contributed by atoms with Crippen molar-refractivity contribution >= 4 is 23.6 Å². The number of methoxy groups -OCH3 is 1. The van der Waals surface area contributed by atoms with Gasteiger partial charge in [0, 0.05) is 12.2 Å². The van der Waals surface area contributed by atoms with Gasteiger partial charge in [0.05, 0.1) is 7.11 Å². The first kappa shape index (κ1) is 26.4. The Balaban J connectivity index is 2.30. The zero-order valence-corrected chi connectivity index (χ0v) is 20.4. The molecule has 0 fully saturated rings. The van der Waals surface area contributed by atoms with Crippen molar-refractivity contribution in [1.82, 2.24) is 10.2 Å². The van der Waals surface area contributed by atoms with Crippen LogP contribution in [0.15, 0.2) is 61.2 Å². The summed E-state index contributed by atoms with van der Waals surface area (Å²) in [4.78, 5) is 40.0. The van der Waals surface area contributed by atoms with Crippen LogP contribution in [0.5, 0.6) is 5.75 Å². The van der Waals surface area contributed by atoms with Crippen LogP contribution in [0.3, 0.4) is 0 Å². The van der Waals surface area contributed by atoms with E-state index in [4.69, 9.17) is 9.47 Å². The summed E-state index contributed by atoms with van der Waals surface area (Å²) < 4.78 is 10.4. The number of alkyl carbamates (subject to hydrolysis) is 1.